The number of amides is 1. The number of hydrogen-bond donors (Lipinski definition) is 0. The first-order valence-electron chi connectivity index (χ1n) is 8.91. The van der Waals surface area contributed by atoms with Gasteiger partial charge in [0.2, 0.25) is 10.9 Å². The summed E-state index contributed by atoms with van der Waals surface area (Å²) in [5.41, 5.74) is 1.92. The van der Waals surface area contributed by atoms with Gasteiger partial charge in [-0.1, -0.05) is 53.3 Å². The second kappa shape index (κ2) is 6.50. The largest absolute Gasteiger partial charge is 0.450 e. The first-order chi connectivity index (χ1) is 14.0. The Morgan fingerprint density at radius 1 is 1.10 bits per heavy atom. The maximum atomic E-state index is 13.5. The minimum atomic E-state index is -0.647. The van der Waals surface area contributed by atoms with Crippen LogP contribution in [0.5, 0.6) is 0 Å². The van der Waals surface area contributed by atoms with Gasteiger partial charge in [-0.05, 0) is 37.1 Å². The van der Waals surface area contributed by atoms with Crippen molar-refractivity contribution < 1.29 is 9.21 Å². The summed E-state index contributed by atoms with van der Waals surface area (Å²) < 4.78 is 5.95. The van der Waals surface area contributed by atoms with E-state index in [0.29, 0.717) is 26.7 Å². The maximum Gasteiger partial charge on any atom is 0.297 e. The van der Waals surface area contributed by atoms with E-state index in [9.17, 15) is 9.59 Å². The molecule has 29 heavy (non-hydrogen) atoms. The number of aryl methyl sites for hydroxylation is 2. The highest BCUT2D eigenvalue weighted by Gasteiger charge is 2.45. The van der Waals surface area contributed by atoms with E-state index in [0.717, 1.165) is 16.1 Å². The van der Waals surface area contributed by atoms with Gasteiger partial charge < -0.3 is 4.42 Å². The van der Waals surface area contributed by atoms with Crippen LogP contribution in [0.2, 0.25) is 5.02 Å². The number of rotatable bonds is 2. The lowest BCUT2D eigenvalue weighted by Crippen LogP contribution is -2.29. The Morgan fingerprint density at radius 2 is 1.86 bits per heavy atom. The Balaban J connectivity index is 1.84. The molecule has 3 heterocycles. The molecule has 0 spiro atoms. The molecule has 1 atom stereocenters. The summed E-state index contributed by atoms with van der Waals surface area (Å²) in [6, 6.07) is 12.0. The van der Waals surface area contributed by atoms with Crippen LogP contribution in [0.1, 0.15) is 38.3 Å². The molecule has 8 heteroatoms. The highest BCUT2D eigenvalue weighted by atomic mass is 35.5. The molecule has 5 rings (SSSR count). The van der Waals surface area contributed by atoms with Gasteiger partial charge in [0.05, 0.1) is 17.0 Å². The SMILES string of the molecule is Cc1nnc(N2C(=O)c3oc4cc(C)c(Cl)cc4c(=O)c3C2c2ccccc2)s1. The summed E-state index contributed by atoms with van der Waals surface area (Å²) in [6.45, 7) is 3.63. The topological polar surface area (TPSA) is 76.3 Å². The Morgan fingerprint density at radius 3 is 2.55 bits per heavy atom. The predicted molar refractivity (Wildman–Crippen MR) is 112 cm³/mol. The zero-order valence-electron chi connectivity index (χ0n) is 15.5. The van der Waals surface area contributed by atoms with Crippen molar-refractivity contribution in [2.45, 2.75) is 19.9 Å². The van der Waals surface area contributed by atoms with Crippen LogP contribution in [-0.4, -0.2) is 16.1 Å². The van der Waals surface area contributed by atoms with Crippen molar-refractivity contribution in [3.05, 3.63) is 85.2 Å². The lowest BCUT2D eigenvalue weighted by atomic mass is 9.98. The molecule has 1 aliphatic heterocycles. The van der Waals surface area contributed by atoms with Crippen LogP contribution in [0.15, 0.2) is 51.7 Å². The minimum Gasteiger partial charge on any atom is -0.450 e. The predicted octanol–water partition coefficient (Wildman–Crippen LogP) is 4.66. The van der Waals surface area contributed by atoms with Gasteiger partial charge in [0.25, 0.3) is 5.91 Å². The zero-order valence-corrected chi connectivity index (χ0v) is 17.0. The van der Waals surface area contributed by atoms with Crippen molar-refractivity contribution in [3.8, 4) is 0 Å². The number of hydrogen-bond acceptors (Lipinski definition) is 6. The normalized spacial score (nSPS) is 15.9. The van der Waals surface area contributed by atoms with Crippen LogP contribution >= 0.6 is 22.9 Å². The minimum absolute atomic E-state index is 0.0333. The summed E-state index contributed by atoms with van der Waals surface area (Å²) >= 11 is 7.54. The Hall–Kier alpha value is -3.03. The third-order valence-corrected chi connectivity index (χ3v) is 6.23. The lowest BCUT2D eigenvalue weighted by molar-refractivity contribution is 0.0970. The van der Waals surface area contributed by atoms with Crippen molar-refractivity contribution in [2.24, 2.45) is 0 Å². The fourth-order valence-corrected chi connectivity index (χ4v) is 4.50. The monoisotopic (exact) mass is 423 g/mol. The molecule has 6 nitrogen and oxygen atoms in total. The number of aromatic nitrogens is 2. The molecule has 0 radical (unpaired) electrons. The zero-order chi connectivity index (χ0) is 20.3. The maximum absolute atomic E-state index is 13.5. The standard InChI is InChI=1S/C21H14ClN3O3S/c1-10-8-15-13(9-14(10)22)18(26)16-17(12-6-4-3-5-7-12)25(20(27)19(16)28-15)21-24-23-11(2)29-21/h3-9,17H,1-2H3. The van der Waals surface area contributed by atoms with Gasteiger partial charge in [0, 0.05) is 5.02 Å². The summed E-state index contributed by atoms with van der Waals surface area (Å²) in [7, 11) is 0. The van der Waals surface area contributed by atoms with Crippen LogP contribution in [0, 0.1) is 13.8 Å². The number of nitrogens with zero attached hydrogens (tertiary/aromatic N) is 3. The van der Waals surface area contributed by atoms with Gasteiger partial charge in [0.1, 0.15) is 10.6 Å². The number of carbonyl (C=O) groups is 1. The van der Waals surface area contributed by atoms with Crippen LogP contribution in [0.25, 0.3) is 11.0 Å². The van der Waals surface area contributed by atoms with Crippen LogP contribution in [0.3, 0.4) is 0 Å². The van der Waals surface area contributed by atoms with Crippen molar-refractivity contribution in [3.63, 3.8) is 0 Å². The fraction of sp³-hybridized carbons (Fsp3) is 0.143. The van der Waals surface area contributed by atoms with Gasteiger partial charge >= 0.3 is 0 Å². The van der Waals surface area contributed by atoms with Crippen LogP contribution in [0.4, 0.5) is 5.13 Å². The third kappa shape index (κ3) is 2.69. The van der Waals surface area contributed by atoms with Crippen molar-refractivity contribution >= 4 is 44.9 Å². The fourth-order valence-electron chi connectivity index (χ4n) is 3.62. The van der Waals surface area contributed by atoms with E-state index >= 15 is 0 Å². The molecule has 4 aromatic rings. The second-order valence-electron chi connectivity index (χ2n) is 6.86. The number of halogens is 1. The number of carbonyl (C=O) groups excluding carboxylic acids is 1. The van der Waals surface area contributed by atoms with E-state index in [1.807, 2.05) is 44.2 Å². The summed E-state index contributed by atoms with van der Waals surface area (Å²) in [6.07, 6.45) is 0. The van der Waals surface area contributed by atoms with E-state index in [1.54, 1.807) is 12.1 Å². The van der Waals surface area contributed by atoms with E-state index in [-0.39, 0.29) is 11.2 Å². The van der Waals surface area contributed by atoms with E-state index < -0.39 is 11.9 Å². The second-order valence-corrected chi connectivity index (χ2v) is 8.43. The van der Waals surface area contributed by atoms with Crippen LogP contribution in [-0.2, 0) is 0 Å². The molecule has 2 aromatic carbocycles. The smallest absolute Gasteiger partial charge is 0.297 e. The van der Waals surface area contributed by atoms with Gasteiger partial charge in [-0.25, -0.2) is 0 Å². The summed E-state index contributed by atoms with van der Waals surface area (Å²) in [5.74, 6) is -0.373. The Labute approximate surface area is 174 Å². The van der Waals surface area contributed by atoms with E-state index in [2.05, 4.69) is 10.2 Å². The highest BCUT2D eigenvalue weighted by Crippen LogP contribution is 2.42. The summed E-state index contributed by atoms with van der Waals surface area (Å²) in [5, 5.41) is 10.1. The highest BCUT2D eigenvalue weighted by molar-refractivity contribution is 7.15. The van der Waals surface area contributed by atoms with Gasteiger partial charge in [0.15, 0.2) is 5.43 Å². The number of anilines is 1. The quantitative estimate of drug-likeness (QED) is 0.468. The van der Waals surface area contributed by atoms with Crippen molar-refractivity contribution in [1.82, 2.24) is 10.2 Å². The van der Waals surface area contributed by atoms with E-state index in [4.69, 9.17) is 16.0 Å². The van der Waals surface area contributed by atoms with Crippen molar-refractivity contribution in [1.29, 1.82) is 0 Å². The third-order valence-electron chi connectivity index (χ3n) is 4.99. The summed E-state index contributed by atoms with van der Waals surface area (Å²) in [4.78, 5) is 28.3. The Kier molecular flexibility index (Phi) is 4.04. The van der Waals surface area contributed by atoms with Gasteiger partial charge in [-0.2, -0.15) is 0 Å². The molecule has 144 valence electrons. The average molecular weight is 424 g/mol. The molecular formula is C21H14ClN3O3S. The molecule has 0 bridgehead atoms. The first-order valence-corrected chi connectivity index (χ1v) is 10.1. The molecule has 1 unspecified atom stereocenters. The number of benzene rings is 2. The number of fused-ring (bicyclic) bond motifs is 2. The Bertz CT molecular complexity index is 1350. The molecule has 2 aromatic heterocycles. The first kappa shape index (κ1) is 18.0. The van der Waals surface area contributed by atoms with E-state index in [1.165, 1.54) is 16.2 Å². The van der Waals surface area contributed by atoms with Gasteiger partial charge in [-0.15, -0.1) is 10.2 Å². The molecule has 0 fully saturated rings. The van der Waals surface area contributed by atoms with Crippen LogP contribution < -0.4 is 10.3 Å². The molecule has 0 aliphatic carbocycles. The lowest BCUT2D eigenvalue weighted by Gasteiger charge is -2.21. The van der Waals surface area contributed by atoms with Gasteiger partial charge in [-0.3, -0.25) is 14.5 Å². The molecule has 0 saturated carbocycles. The molecule has 1 aliphatic rings. The molecule has 0 saturated heterocycles. The molecular weight excluding hydrogens is 410 g/mol. The molecule has 0 N–H and O–H groups in total. The van der Waals surface area contributed by atoms with Crippen molar-refractivity contribution in [2.75, 3.05) is 4.90 Å². The molecule has 1 amide bonds. The average Bonchev–Trinajstić information content (AvgIpc) is 3.26.